The molecule has 0 aliphatic carbocycles. The Bertz CT molecular complexity index is 1230. The minimum atomic E-state index is -0.970. The third-order valence-corrected chi connectivity index (χ3v) is 9.86. The van der Waals surface area contributed by atoms with Crippen LogP contribution >= 0.6 is 11.8 Å². The van der Waals surface area contributed by atoms with Crippen LogP contribution in [-0.2, 0) is 25.7 Å². The summed E-state index contributed by atoms with van der Waals surface area (Å²) in [4.78, 5) is 56.0. The second-order valence-electron chi connectivity index (χ2n) is 16.6. The highest BCUT2D eigenvalue weighted by Gasteiger charge is 2.34. The van der Waals surface area contributed by atoms with Crippen molar-refractivity contribution in [1.82, 2.24) is 26.2 Å². The Labute approximate surface area is 317 Å². The fourth-order valence-corrected chi connectivity index (χ4v) is 7.04. The first-order valence-electron chi connectivity index (χ1n) is 19.2. The summed E-state index contributed by atoms with van der Waals surface area (Å²) in [6.07, 6.45) is 3.69. The summed E-state index contributed by atoms with van der Waals surface area (Å²) in [5, 5.41) is 23.5. The van der Waals surface area contributed by atoms with E-state index in [9.17, 15) is 24.3 Å². The number of nitrogens with one attached hydrogen (secondary N) is 4. The first kappa shape index (κ1) is 45.3. The summed E-state index contributed by atoms with van der Waals surface area (Å²) in [7, 11) is 0. The first-order valence-corrected chi connectivity index (χ1v) is 20.6. The number of aliphatic hydroxyl groups excluding tert-OH is 1. The molecule has 1 saturated heterocycles. The molecule has 1 heterocycles. The van der Waals surface area contributed by atoms with Crippen LogP contribution in [0.2, 0.25) is 0 Å². The fraction of sp³-hybridized carbons (Fsp3) is 0.750. The highest BCUT2D eigenvalue weighted by molar-refractivity contribution is 7.98. The average Bonchev–Trinajstić information content (AvgIpc) is 3.04. The number of nitrogens with zero attached hydrogens (tertiary/aromatic N) is 1. The quantitative estimate of drug-likeness (QED) is 0.118. The number of carbonyl (C=O) groups excluding carboxylic acids is 4. The van der Waals surface area contributed by atoms with E-state index in [1.54, 1.807) is 32.5 Å². The van der Waals surface area contributed by atoms with Crippen LogP contribution < -0.4 is 21.3 Å². The van der Waals surface area contributed by atoms with Crippen molar-refractivity contribution in [3.8, 4) is 0 Å². The zero-order valence-electron chi connectivity index (χ0n) is 33.5. The lowest BCUT2D eigenvalue weighted by Gasteiger charge is -2.34. The Morgan fingerprint density at radius 1 is 0.865 bits per heavy atom. The van der Waals surface area contributed by atoms with Gasteiger partial charge in [-0.15, -0.1) is 0 Å². The lowest BCUT2D eigenvalue weighted by atomic mass is 9.86. The Hall–Kier alpha value is -2.83. The van der Waals surface area contributed by atoms with Crippen molar-refractivity contribution < 1.29 is 29.0 Å². The largest absolute Gasteiger partial charge is 0.444 e. The Morgan fingerprint density at radius 2 is 1.48 bits per heavy atom. The topological polar surface area (TPSA) is 149 Å². The molecule has 0 bridgehead atoms. The number of piperidine rings is 1. The minimum absolute atomic E-state index is 0.0498. The summed E-state index contributed by atoms with van der Waals surface area (Å²) in [5.41, 5.74) is 0.552. The summed E-state index contributed by atoms with van der Waals surface area (Å²) in [5.74, 6) is -0.611. The number of rotatable bonds is 20. The molecule has 4 amide bonds. The minimum Gasteiger partial charge on any atom is -0.444 e. The summed E-state index contributed by atoms with van der Waals surface area (Å²) in [6, 6.07) is 8.08. The maximum atomic E-state index is 13.8. The maximum absolute atomic E-state index is 13.8. The van der Waals surface area contributed by atoms with E-state index in [2.05, 4.69) is 64.3 Å². The normalized spacial score (nSPS) is 17.3. The molecule has 0 radical (unpaired) electrons. The van der Waals surface area contributed by atoms with Crippen LogP contribution in [0.5, 0.6) is 0 Å². The lowest BCUT2D eigenvalue weighted by Crippen LogP contribution is -2.58. The lowest BCUT2D eigenvalue weighted by molar-refractivity contribution is -0.132. The van der Waals surface area contributed by atoms with E-state index in [-0.39, 0.29) is 36.1 Å². The van der Waals surface area contributed by atoms with E-state index in [1.807, 2.05) is 40.0 Å². The molecular weight excluding hydrogens is 679 g/mol. The number of carbonyl (C=O) groups is 4. The number of thioether (sulfide) groups is 1. The van der Waals surface area contributed by atoms with Gasteiger partial charge in [0.2, 0.25) is 17.7 Å². The highest BCUT2D eigenvalue weighted by Crippen LogP contribution is 2.23. The molecule has 52 heavy (non-hydrogen) atoms. The van der Waals surface area contributed by atoms with Crippen molar-refractivity contribution in [2.45, 2.75) is 143 Å². The molecule has 11 nitrogen and oxygen atoms in total. The van der Waals surface area contributed by atoms with E-state index in [1.165, 1.54) is 5.56 Å². The van der Waals surface area contributed by atoms with Gasteiger partial charge in [-0.2, -0.15) is 11.8 Å². The van der Waals surface area contributed by atoms with E-state index in [0.717, 1.165) is 32.5 Å². The van der Waals surface area contributed by atoms with Crippen LogP contribution in [0.3, 0.4) is 0 Å². The summed E-state index contributed by atoms with van der Waals surface area (Å²) < 4.78 is 5.37. The number of hydrogen-bond acceptors (Lipinski definition) is 8. The molecule has 0 aromatic heterocycles. The molecule has 0 saturated carbocycles. The van der Waals surface area contributed by atoms with Gasteiger partial charge in [-0.3, -0.25) is 19.3 Å². The molecule has 1 aromatic carbocycles. The highest BCUT2D eigenvalue weighted by atomic mass is 32.2. The first-order chi connectivity index (χ1) is 24.4. The van der Waals surface area contributed by atoms with Crippen LogP contribution in [-0.4, -0.2) is 94.8 Å². The summed E-state index contributed by atoms with van der Waals surface area (Å²) in [6.45, 7) is 19.8. The Balaban J connectivity index is 2.11. The maximum Gasteiger partial charge on any atom is 0.408 e. The van der Waals surface area contributed by atoms with E-state index < -0.39 is 53.7 Å². The predicted octanol–water partition coefficient (Wildman–Crippen LogP) is 5.50. The van der Waals surface area contributed by atoms with Gasteiger partial charge in [-0.1, -0.05) is 71.9 Å². The Kier molecular flexibility index (Phi) is 19.5. The van der Waals surface area contributed by atoms with E-state index >= 15 is 0 Å². The molecule has 1 aromatic rings. The van der Waals surface area contributed by atoms with Gasteiger partial charge in [0.25, 0.3) is 0 Å². The van der Waals surface area contributed by atoms with Gasteiger partial charge in [0.1, 0.15) is 17.7 Å². The number of hydrogen-bond donors (Lipinski definition) is 5. The monoisotopic (exact) mass is 747 g/mol. The second-order valence-corrected chi connectivity index (χ2v) is 17.6. The number of likely N-dealkylation sites (tertiary alicyclic amines) is 1. The molecule has 5 N–H and O–H groups in total. The standard InChI is InChI=1S/C40H69N5O6S/c1-26(2)22-30(36(47)41-31-16-19-45(20-17-31)25-29-14-12-11-13-15-29)24-34(46)33(23-27(3)4)43-37(48)32(18-21-52-10)42-38(49)35(28(5)6)44-39(50)51-40(7,8)9/h11-15,26-28,30-35,46H,16-25H2,1-10H3,(H,41,47)(H,42,49)(H,43,48)(H,44,50)/t30-,32+,33+,34+,35+/m1/s1. The van der Waals surface area contributed by atoms with Gasteiger partial charge in [-0.05, 0) is 94.6 Å². The predicted molar refractivity (Wildman–Crippen MR) is 211 cm³/mol. The number of ether oxygens (including phenoxy) is 1. The molecule has 1 aliphatic heterocycles. The van der Waals surface area contributed by atoms with Crippen molar-refractivity contribution in [2.75, 3.05) is 25.1 Å². The molecule has 1 fully saturated rings. The average molecular weight is 748 g/mol. The van der Waals surface area contributed by atoms with Gasteiger partial charge < -0.3 is 31.1 Å². The van der Waals surface area contributed by atoms with Gasteiger partial charge >= 0.3 is 6.09 Å². The number of benzene rings is 1. The third-order valence-electron chi connectivity index (χ3n) is 9.22. The van der Waals surface area contributed by atoms with Crippen LogP contribution in [0.4, 0.5) is 4.79 Å². The van der Waals surface area contributed by atoms with Gasteiger partial charge in [0.15, 0.2) is 0 Å². The SMILES string of the molecule is CSCC[C@H](NC(=O)[C@@H](NC(=O)OC(C)(C)C)C(C)C)C(=O)N[C@@H](CC(C)C)[C@@H](O)C[C@@H](CC(C)C)C(=O)NC1CCN(Cc2ccccc2)CC1. The molecule has 296 valence electrons. The molecular formula is C40H69N5O6S. The van der Waals surface area contributed by atoms with Crippen molar-refractivity contribution in [1.29, 1.82) is 0 Å². The van der Waals surface area contributed by atoms with Crippen molar-refractivity contribution in [3.63, 3.8) is 0 Å². The number of alkyl carbamates (subject to hydrolysis) is 1. The van der Waals surface area contributed by atoms with Gasteiger partial charge in [-0.25, -0.2) is 4.79 Å². The van der Waals surface area contributed by atoms with E-state index in [0.29, 0.717) is 25.0 Å². The molecule has 0 unspecified atom stereocenters. The number of amides is 4. The zero-order valence-corrected chi connectivity index (χ0v) is 34.3. The molecule has 0 spiro atoms. The van der Waals surface area contributed by atoms with Crippen molar-refractivity contribution in [3.05, 3.63) is 35.9 Å². The third kappa shape index (κ3) is 17.3. The van der Waals surface area contributed by atoms with Crippen LogP contribution in [0.1, 0.15) is 106 Å². The fourth-order valence-electron chi connectivity index (χ4n) is 6.57. The van der Waals surface area contributed by atoms with Crippen LogP contribution in [0.25, 0.3) is 0 Å². The van der Waals surface area contributed by atoms with Crippen molar-refractivity contribution >= 4 is 35.6 Å². The zero-order chi connectivity index (χ0) is 39.0. The smallest absolute Gasteiger partial charge is 0.408 e. The van der Waals surface area contributed by atoms with Gasteiger partial charge in [0.05, 0.1) is 12.1 Å². The van der Waals surface area contributed by atoms with Crippen LogP contribution in [0.15, 0.2) is 30.3 Å². The molecule has 5 atom stereocenters. The van der Waals surface area contributed by atoms with Crippen molar-refractivity contribution in [2.24, 2.45) is 23.7 Å². The number of aliphatic hydroxyl groups is 1. The van der Waals surface area contributed by atoms with Crippen LogP contribution in [0, 0.1) is 23.7 Å². The van der Waals surface area contributed by atoms with Gasteiger partial charge in [0, 0.05) is 31.6 Å². The molecule has 2 rings (SSSR count). The Morgan fingerprint density at radius 3 is 2.02 bits per heavy atom. The molecule has 1 aliphatic rings. The summed E-state index contributed by atoms with van der Waals surface area (Å²) >= 11 is 1.56. The molecule has 12 heteroatoms. The second kappa shape index (κ2) is 22.4. The van der Waals surface area contributed by atoms with E-state index in [4.69, 9.17) is 4.74 Å².